The second kappa shape index (κ2) is 7.83. The second-order valence-corrected chi connectivity index (χ2v) is 6.65. The molecular formula is C17H21ClN2S. The third-order valence-electron chi connectivity index (χ3n) is 3.40. The van der Waals surface area contributed by atoms with Crippen LogP contribution < -0.4 is 5.73 Å². The topological polar surface area (TPSA) is 38.9 Å². The smallest absolute Gasteiger partial charge is 0.0992 e. The lowest BCUT2D eigenvalue weighted by Crippen LogP contribution is -2.21. The summed E-state index contributed by atoms with van der Waals surface area (Å²) in [5.74, 6) is 0.902. The molecule has 0 bridgehead atoms. The van der Waals surface area contributed by atoms with Gasteiger partial charge in [0.25, 0.3) is 0 Å². The van der Waals surface area contributed by atoms with Gasteiger partial charge in [0.1, 0.15) is 0 Å². The molecule has 0 amide bonds. The molecule has 21 heavy (non-hydrogen) atoms. The summed E-state index contributed by atoms with van der Waals surface area (Å²) < 4.78 is 0. The number of nitrogens with zero attached hydrogens (tertiary/aromatic N) is 1. The van der Waals surface area contributed by atoms with Crippen molar-refractivity contribution in [3.8, 4) is 0 Å². The summed E-state index contributed by atoms with van der Waals surface area (Å²) >= 11 is 7.65. The van der Waals surface area contributed by atoms with Gasteiger partial charge in [-0.25, -0.2) is 4.98 Å². The van der Waals surface area contributed by atoms with Gasteiger partial charge in [0, 0.05) is 23.0 Å². The van der Waals surface area contributed by atoms with Crippen LogP contribution in [0.3, 0.4) is 0 Å². The van der Waals surface area contributed by atoms with Gasteiger partial charge in [0.15, 0.2) is 0 Å². The predicted octanol–water partition coefficient (Wildman–Crippen LogP) is 4.62. The molecule has 2 rings (SSSR count). The fourth-order valence-electron chi connectivity index (χ4n) is 2.06. The largest absolute Gasteiger partial charge is 0.327 e. The third-order valence-corrected chi connectivity index (χ3v) is 4.83. The number of aryl methyl sites for hydroxylation is 1. The summed E-state index contributed by atoms with van der Waals surface area (Å²) in [6, 6.07) is 10.4. The van der Waals surface area contributed by atoms with Gasteiger partial charge in [-0.2, -0.15) is 0 Å². The lowest BCUT2D eigenvalue weighted by Gasteiger charge is -2.11. The van der Waals surface area contributed by atoms with Crippen molar-refractivity contribution in [3.05, 3.63) is 58.2 Å². The van der Waals surface area contributed by atoms with Crippen molar-refractivity contribution in [2.45, 2.75) is 43.5 Å². The Morgan fingerprint density at radius 2 is 1.95 bits per heavy atom. The molecule has 112 valence electrons. The minimum atomic E-state index is 0.221. The van der Waals surface area contributed by atoms with Gasteiger partial charge in [-0.3, -0.25) is 0 Å². The Morgan fingerprint density at radius 1 is 1.24 bits per heavy atom. The van der Waals surface area contributed by atoms with Gasteiger partial charge in [0.05, 0.1) is 5.03 Å². The molecule has 1 aromatic carbocycles. The molecule has 4 heteroatoms. The highest BCUT2D eigenvalue weighted by Crippen LogP contribution is 2.25. The standard InChI is InChI=1S/C17H21ClN2S/c1-3-16(19)9-14-8-12(2)17(20-10-14)21-11-13-4-6-15(18)7-5-13/h4-8,10,16H,3,9,11,19H2,1-2H3. The quantitative estimate of drug-likeness (QED) is 0.790. The zero-order chi connectivity index (χ0) is 15.2. The number of benzene rings is 1. The molecule has 1 unspecified atom stereocenters. The number of hydrogen-bond acceptors (Lipinski definition) is 3. The molecule has 0 spiro atoms. The van der Waals surface area contributed by atoms with E-state index in [1.807, 2.05) is 18.3 Å². The van der Waals surface area contributed by atoms with E-state index in [9.17, 15) is 0 Å². The van der Waals surface area contributed by atoms with Crippen LogP contribution in [-0.4, -0.2) is 11.0 Å². The third kappa shape index (κ3) is 5.03. The molecule has 1 atom stereocenters. The summed E-state index contributed by atoms with van der Waals surface area (Å²) in [5.41, 5.74) is 9.69. The van der Waals surface area contributed by atoms with Crippen molar-refractivity contribution in [1.82, 2.24) is 4.98 Å². The normalized spacial score (nSPS) is 12.4. The van der Waals surface area contributed by atoms with E-state index in [2.05, 4.69) is 37.0 Å². The van der Waals surface area contributed by atoms with Crippen LogP contribution in [0.15, 0.2) is 41.6 Å². The molecule has 1 aromatic heterocycles. The van der Waals surface area contributed by atoms with Gasteiger partial charge in [0.2, 0.25) is 0 Å². The average molecular weight is 321 g/mol. The first kappa shape index (κ1) is 16.3. The van der Waals surface area contributed by atoms with Crippen LogP contribution in [0.5, 0.6) is 0 Å². The Bertz CT molecular complexity index is 584. The number of halogens is 1. The second-order valence-electron chi connectivity index (χ2n) is 5.25. The van der Waals surface area contributed by atoms with Crippen LogP contribution in [0.4, 0.5) is 0 Å². The van der Waals surface area contributed by atoms with Crippen molar-refractivity contribution >= 4 is 23.4 Å². The van der Waals surface area contributed by atoms with E-state index in [4.69, 9.17) is 17.3 Å². The van der Waals surface area contributed by atoms with E-state index >= 15 is 0 Å². The molecule has 0 aliphatic rings. The molecule has 0 aliphatic heterocycles. The number of pyridine rings is 1. The van der Waals surface area contributed by atoms with Crippen molar-refractivity contribution in [1.29, 1.82) is 0 Å². The van der Waals surface area contributed by atoms with Crippen LogP contribution in [0.1, 0.15) is 30.0 Å². The fraction of sp³-hybridized carbons (Fsp3) is 0.353. The summed E-state index contributed by atoms with van der Waals surface area (Å²) in [7, 11) is 0. The Hall–Kier alpha value is -1.03. The maximum atomic E-state index is 6.00. The Balaban J connectivity index is 1.99. The SMILES string of the molecule is CCC(N)Cc1cnc(SCc2ccc(Cl)cc2)c(C)c1. The maximum absolute atomic E-state index is 6.00. The molecule has 2 aromatic rings. The van der Waals surface area contributed by atoms with E-state index in [1.54, 1.807) is 11.8 Å². The molecule has 0 saturated carbocycles. The predicted molar refractivity (Wildman–Crippen MR) is 92.0 cm³/mol. The number of rotatable bonds is 6. The first-order valence-corrected chi connectivity index (χ1v) is 8.53. The highest BCUT2D eigenvalue weighted by Gasteiger charge is 2.06. The van der Waals surface area contributed by atoms with Crippen molar-refractivity contribution in [3.63, 3.8) is 0 Å². The van der Waals surface area contributed by atoms with E-state index in [0.29, 0.717) is 0 Å². The summed E-state index contributed by atoms with van der Waals surface area (Å²) in [6.07, 6.45) is 3.84. The van der Waals surface area contributed by atoms with Gasteiger partial charge in [-0.15, -0.1) is 11.8 Å². The Labute approximate surface area is 136 Å². The lowest BCUT2D eigenvalue weighted by atomic mass is 10.1. The molecule has 0 saturated heterocycles. The zero-order valence-electron chi connectivity index (χ0n) is 12.5. The van der Waals surface area contributed by atoms with Crippen molar-refractivity contribution in [2.75, 3.05) is 0 Å². The lowest BCUT2D eigenvalue weighted by molar-refractivity contribution is 0.644. The monoisotopic (exact) mass is 320 g/mol. The molecule has 0 fully saturated rings. The molecule has 1 heterocycles. The number of thioether (sulfide) groups is 1. The van der Waals surface area contributed by atoms with Gasteiger partial charge >= 0.3 is 0 Å². The van der Waals surface area contributed by atoms with Crippen LogP contribution in [0.25, 0.3) is 0 Å². The highest BCUT2D eigenvalue weighted by atomic mass is 35.5. The Morgan fingerprint density at radius 3 is 2.57 bits per heavy atom. The molecule has 0 radical (unpaired) electrons. The number of hydrogen-bond donors (Lipinski definition) is 1. The van der Waals surface area contributed by atoms with Crippen LogP contribution in [0.2, 0.25) is 5.02 Å². The van der Waals surface area contributed by atoms with E-state index in [1.165, 1.54) is 16.7 Å². The average Bonchev–Trinajstić information content (AvgIpc) is 2.48. The van der Waals surface area contributed by atoms with Gasteiger partial charge in [-0.05, 0) is 48.6 Å². The van der Waals surface area contributed by atoms with E-state index in [0.717, 1.165) is 28.6 Å². The maximum Gasteiger partial charge on any atom is 0.0992 e. The number of nitrogens with two attached hydrogens (primary N) is 1. The van der Waals surface area contributed by atoms with E-state index < -0.39 is 0 Å². The minimum absolute atomic E-state index is 0.221. The van der Waals surface area contributed by atoms with Gasteiger partial charge in [-0.1, -0.05) is 36.7 Å². The van der Waals surface area contributed by atoms with Crippen LogP contribution >= 0.6 is 23.4 Å². The van der Waals surface area contributed by atoms with E-state index in [-0.39, 0.29) is 6.04 Å². The first-order valence-electron chi connectivity index (χ1n) is 7.17. The van der Waals surface area contributed by atoms with Crippen LogP contribution in [-0.2, 0) is 12.2 Å². The fourth-order valence-corrected chi connectivity index (χ4v) is 3.10. The van der Waals surface area contributed by atoms with Crippen molar-refractivity contribution in [2.24, 2.45) is 5.73 Å². The minimum Gasteiger partial charge on any atom is -0.327 e. The zero-order valence-corrected chi connectivity index (χ0v) is 14.0. The summed E-state index contributed by atoms with van der Waals surface area (Å²) in [4.78, 5) is 4.58. The highest BCUT2D eigenvalue weighted by molar-refractivity contribution is 7.98. The summed E-state index contributed by atoms with van der Waals surface area (Å²) in [6.45, 7) is 4.22. The number of aromatic nitrogens is 1. The molecule has 0 aliphatic carbocycles. The van der Waals surface area contributed by atoms with Crippen molar-refractivity contribution < 1.29 is 0 Å². The first-order chi connectivity index (χ1) is 10.1. The molecule has 2 nitrogen and oxygen atoms in total. The summed E-state index contributed by atoms with van der Waals surface area (Å²) in [5, 5.41) is 1.86. The molecule has 2 N–H and O–H groups in total. The van der Waals surface area contributed by atoms with Crippen LogP contribution in [0, 0.1) is 6.92 Å². The molecular weight excluding hydrogens is 300 g/mol. The van der Waals surface area contributed by atoms with Gasteiger partial charge < -0.3 is 5.73 Å². The Kier molecular flexibility index (Phi) is 6.09.